The van der Waals surface area contributed by atoms with Gasteiger partial charge in [-0.2, -0.15) is 0 Å². The molecule has 1 fully saturated rings. The van der Waals surface area contributed by atoms with Crippen molar-refractivity contribution in [1.82, 2.24) is 14.9 Å². The molecule has 1 aromatic rings. The summed E-state index contributed by atoms with van der Waals surface area (Å²) in [5.41, 5.74) is 5.48. The zero-order valence-electron chi connectivity index (χ0n) is 10.2. The van der Waals surface area contributed by atoms with E-state index in [2.05, 4.69) is 20.2 Å². The standard InChI is InChI=1S/C12H21N5/c13-11-9-16-12(10-15-11)14-5-8-17-6-3-1-2-4-7-17/h9-10H,1-8H2,(H2,13,15)(H,14,16). The van der Waals surface area contributed by atoms with E-state index in [0.29, 0.717) is 5.82 Å². The van der Waals surface area contributed by atoms with E-state index in [1.807, 2.05) is 0 Å². The van der Waals surface area contributed by atoms with E-state index in [-0.39, 0.29) is 0 Å². The number of hydrogen-bond donors (Lipinski definition) is 2. The number of rotatable bonds is 4. The van der Waals surface area contributed by atoms with Crippen molar-refractivity contribution in [3.8, 4) is 0 Å². The highest BCUT2D eigenvalue weighted by molar-refractivity contribution is 5.35. The van der Waals surface area contributed by atoms with Gasteiger partial charge in [-0.05, 0) is 25.9 Å². The molecule has 94 valence electrons. The van der Waals surface area contributed by atoms with Gasteiger partial charge in [-0.3, -0.25) is 0 Å². The van der Waals surface area contributed by atoms with E-state index < -0.39 is 0 Å². The van der Waals surface area contributed by atoms with E-state index >= 15 is 0 Å². The van der Waals surface area contributed by atoms with Crippen molar-refractivity contribution < 1.29 is 0 Å². The summed E-state index contributed by atoms with van der Waals surface area (Å²) < 4.78 is 0. The second kappa shape index (κ2) is 6.39. The van der Waals surface area contributed by atoms with Gasteiger partial charge in [-0.15, -0.1) is 0 Å². The molecule has 0 atom stereocenters. The molecule has 5 heteroatoms. The molecule has 0 spiro atoms. The molecule has 0 bridgehead atoms. The van der Waals surface area contributed by atoms with Crippen LogP contribution in [0.1, 0.15) is 25.7 Å². The lowest BCUT2D eigenvalue weighted by Gasteiger charge is -2.19. The molecule has 1 aliphatic heterocycles. The molecule has 0 unspecified atom stereocenters. The first-order valence-electron chi connectivity index (χ1n) is 6.38. The van der Waals surface area contributed by atoms with Gasteiger partial charge in [0.05, 0.1) is 12.4 Å². The van der Waals surface area contributed by atoms with Crippen molar-refractivity contribution in [3.63, 3.8) is 0 Å². The van der Waals surface area contributed by atoms with Crippen LogP contribution in [0, 0.1) is 0 Å². The summed E-state index contributed by atoms with van der Waals surface area (Å²) in [6.45, 7) is 4.45. The first-order valence-corrected chi connectivity index (χ1v) is 6.38. The number of anilines is 2. The average Bonchev–Trinajstić information content (AvgIpc) is 2.60. The minimum atomic E-state index is 0.461. The number of likely N-dealkylation sites (tertiary alicyclic amines) is 1. The first kappa shape index (κ1) is 12.1. The van der Waals surface area contributed by atoms with Gasteiger partial charge in [0.2, 0.25) is 0 Å². The number of nitrogen functional groups attached to an aromatic ring is 1. The predicted octanol–water partition coefficient (Wildman–Crippen LogP) is 1.35. The average molecular weight is 235 g/mol. The SMILES string of the molecule is Nc1cnc(NCCN2CCCCCC2)cn1. The van der Waals surface area contributed by atoms with Crippen molar-refractivity contribution in [1.29, 1.82) is 0 Å². The predicted molar refractivity (Wildman–Crippen MR) is 69.8 cm³/mol. The Kier molecular flexibility index (Phi) is 4.55. The van der Waals surface area contributed by atoms with E-state index in [0.717, 1.165) is 18.9 Å². The summed E-state index contributed by atoms with van der Waals surface area (Å²) in [6.07, 6.45) is 8.69. The van der Waals surface area contributed by atoms with Crippen molar-refractivity contribution in [3.05, 3.63) is 12.4 Å². The van der Waals surface area contributed by atoms with E-state index in [1.54, 1.807) is 12.4 Å². The fourth-order valence-corrected chi connectivity index (χ4v) is 2.13. The van der Waals surface area contributed by atoms with Crippen molar-refractivity contribution in [2.24, 2.45) is 0 Å². The molecule has 1 aromatic heterocycles. The summed E-state index contributed by atoms with van der Waals surface area (Å²) in [5, 5.41) is 3.27. The molecule has 2 rings (SSSR count). The second-order valence-corrected chi connectivity index (χ2v) is 4.51. The first-order chi connectivity index (χ1) is 8.34. The van der Waals surface area contributed by atoms with Crippen molar-refractivity contribution in [2.45, 2.75) is 25.7 Å². The molecule has 17 heavy (non-hydrogen) atoms. The Morgan fingerprint density at radius 1 is 1.12 bits per heavy atom. The highest BCUT2D eigenvalue weighted by Crippen LogP contribution is 2.09. The molecule has 0 radical (unpaired) electrons. The van der Waals surface area contributed by atoms with Crippen LogP contribution in [0.25, 0.3) is 0 Å². The van der Waals surface area contributed by atoms with Crippen molar-refractivity contribution >= 4 is 11.6 Å². The van der Waals surface area contributed by atoms with Crippen LogP contribution in [0.5, 0.6) is 0 Å². The largest absolute Gasteiger partial charge is 0.382 e. The Balaban J connectivity index is 1.69. The molecule has 0 aliphatic carbocycles. The minimum Gasteiger partial charge on any atom is -0.382 e. The zero-order valence-corrected chi connectivity index (χ0v) is 10.2. The van der Waals surface area contributed by atoms with Crippen LogP contribution in [0.4, 0.5) is 11.6 Å². The van der Waals surface area contributed by atoms with Gasteiger partial charge in [0, 0.05) is 13.1 Å². The normalized spacial score (nSPS) is 17.6. The fraction of sp³-hybridized carbons (Fsp3) is 0.667. The van der Waals surface area contributed by atoms with Crippen LogP contribution in [-0.4, -0.2) is 41.0 Å². The maximum Gasteiger partial charge on any atom is 0.144 e. The molecule has 1 aliphatic rings. The Morgan fingerprint density at radius 3 is 2.53 bits per heavy atom. The van der Waals surface area contributed by atoms with Gasteiger partial charge in [0.25, 0.3) is 0 Å². The van der Waals surface area contributed by atoms with Gasteiger partial charge >= 0.3 is 0 Å². The van der Waals surface area contributed by atoms with Crippen LogP contribution in [0.2, 0.25) is 0 Å². The monoisotopic (exact) mass is 235 g/mol. The summed E-state index contributed by atoms with van der Waals surface area (Å²) >= 11 is 0. The third kappa shape index (κ3) is 4.19. The van der Waals surface area contributed by atoms with Gasteiger partial charge in [-0.25, -0.2) is 9.97 Å². The smallest absolute Gasteiger partial charge is 0.144 e. The Labute approximate surface area is 102 Å². The highest BCUT2D eigenvalue weighted by Gasteiger charge is 2.07. The molecule has 0 aromatic carbocycles. The summed E-state index contributed by atoms with van der Waals surface area (Å²) in [4.78, 5) is 10.7. The van der Waals surface area contributed by atoms with E-state index in [9.17, 15) is 0 Å². The lowest BCUT2D eigenvalue weighted by molar-refractivity contribution is 0.296. The number of nitrogens with zero attached hydrogens (tertiary/aromatic N) is 3. The molecule has 5 nitrogen and oxygen atoms in total. The van der Waals surface area contributed by atoms with Crippen LogP contribution < -0.4 is 11.1 Å². The van der Waals surface area contributed by atoms with Crippen LogP contribution in [0.15, 0.2) is 12.4 Å². The number of hydrogen-bond acceptors (Lipinski definition) is 5. The lowest BCUT2D eigenvalue weighted by atomic mass is 10.2. The van der Waals surface area contributed by atoms with Gasteiger partial charge in [-0.1, -0.05) is 12.8 Å². The molecule has 0 saturated carbocycles. The maximum atomic E-state index is 5.48. The van der Waals surface area contributed by atoms with Gasteiger partial charge < -0.3 is 16.0 Å². The Hall–Kier alpha value is -1.36. The summed E-state index contributed by atoms with van der Waals surface area (Å²) in [6, 6.07) is 0. The Morgan fingerprint density at radius 2 is 1.88 bits per heavy atom. The molecule has 2 heterocycles. The Bertz CT molecular complexity index is 316. The maximum absolute atomic E-state index is 5.48. The fourth-order valence-electron chi connectivity index (χ4n) is 2.13. The highest BCUT2D eigenvalue weighted by atomic mass is 15.1. The third-order valence-electron chi connectivity index (χ3n) is 3.10. The third-order valence-corrected chi connectivity index (χ3v) is 3.10. The van der Waals surface area contributed by atoms with Crippen LogP contribution >= 0.6 is 0 Å². The number of nitrogens with two attached hydrogens (primary N) is 1. The van der Waals surface area contributed by atoms with Crippen LogP contribution in [0.3, 0.4) is 0 Å². The molecule has 1 saturated heterocycles. The lowest BCUT2D eigenvalue weighted by Crippen LogP contribution is -2.30. The molecule has 3 N–H and O–H groups in total. The number of aromatic nitrogens is 2. The minimum absolute atomic E-state index is 0.461. The zero-order chi connectivity index (χ0) is 11.9. The van der Waals surface area contributed by atoms with E-state index in [4.69, 9.17) is 5.73 Å². The van der Waals surface area contributed by atoms with Crippen LogP contribution in [-0.2, 0) is 0 Å². The summed E-state index contributed by atoms with van der Waals surface area (Å²) in [5.74, 6) is 1.26. The molecular weight excluding hydrogens is 214 g/mol. The van der Waals surface area contributed by atoms with Crippen molar-refractivity contribution in [2.75, 3.05) is 37.2 Å². The van der Waals surface area contributed by atoms with E-state index in [1.165, 1.54) is 38.8 Å². The second-order valence-electron chi connectivity index (χ2n) is 4.51. The topological polar surface area (TPSA) is 67.1 Å². The quantitative estimate of drug-likeness (QED) is 0.824. The van der Waals surface area contributed by atoms with Gasteiger partial charge in [0.1, 0.15) is 11.6 Å². The summed E-state index contributed by atoms with van der Waals surface area (Å²) in [7, 11) is 0. The van der Waals surface area contributed by atoms with Gasteiger partial charge in [0.15, 0.2) is 0 Å². The molecular formula is C12H21N5. The molecule has 0 amide bonds. The number of nitrogens with one attached hydrogen (secondary N) is 1.